The number of carbonyl (C=O) groups is 1. The van der Waals surface area contributed by atoms with Crippen molar-refractivity contribution in [1.29, 1.82) is 0 Å². The van der Waals surface area contributed by atoms with Gasteiger partial charge in [0.25, 0.3) is 5.91 Å². The zero-order chi connectivity index (χ0) is 30.2. The van der Waals surface area contributed by atoms with E-state index in [-0.39, 0.29) is 29.1 Å². The number of aromatic nitrogens is 1. The van der Waals surface area contributed by atoms with Gasteiger partial charge in [-0.25, -0.2) is 17.5 Å². The maximum absolute atomic E-state index is 16.0. The van der Waals surface area contributed by atoms with Crippen molar-refractivity contribution >= 4 is 15.9 Å². The Morgan fingerprint density at radius 2 is 1.68 bits per heavy atom. The summed E-state index contributed by atoms with van der Waals surface area (Å²) in [7, 11) is -4.71. The van der Waals surface area contributed by atoms with Crippen LogP contribution in [0, 0.1) is 18.7 Å². The molecule has 1 aliphatic heterocycles. The molecule has 0 unspecified atom stereocenters. The minimum absolute atomic E-state index is 0.103. The Kier molecular flexibility index (Phi) is 9.25. The molecular formula is C29H39F4N3O4S. The number of alkyl halides is 3. The van der Waals surface area contributed by atoms with Gasteiger partial charge in [-0.2, -0.15) is 13.2 Å². The van der Waals surface area contributed by atoms with Crippen LogP contribution in [-0.4, -0.2) is 43.7 Å². The Morgan fingerprint density at radius 3 is 2.27 bits per heavy atom. The maximum Gasteiger partial charge on any atom is 0.420 e. The first kappa shape index (κ1) is 31.5. The van der Waals surface area contributed by atoms with E-state index in [4.69, 9.17) is 4.74 Å². The van der Waals surface area contributed by atoms with Crippen LogP contribution < -0.4 is 10.0 Å². The van der Waals surface area contributed by atoms with Crippen LogP contribution in [0.5, 0.6) is 0 Å². The number of ether oxygens (including phenoxy) is 1. The smallest absolute Gasteiger partial charge is 0.381 e. The molecule has 1 aliphatic carbocycles. The van der Waals surface area contributed by atoms with E-state index in [9.17, 15) is 26.4 Å². The number of sulfonamides is 1. The number of hydrogen-bond acceptors (Lipinski definition) is 4. The van der Waals surface area contributed by atoms with E-state index in [1.54, 1.807) is 11.5 Å². The molecule has 1 saturated carbocycles. The molecule has 1 aromatic heterocycles. The van der Waals surface area contributed by atoms with Crippen molar-refractivity contribution in [1.82, 2.24) is 14.6 Å². The summed E-state index contributed by atoms with van der Waals surface area (Å²) in [5, 5.41) is 2.98. The Balaban J connectivity index is 1.84. The summed E-state index contributed by atoms with van der Waals surface area (Å²) in [5.74, 6) is -1.85. The van der Waals surface area contributed by atoms with Crippen LogP contribution in [0.3, 0.4) is 0 Å². The zero-order valence-corrected chi connectivity index (χ0v) is 24.8. The van der Waals surface area contributed by atoms with Crippen LogP contribution in [-0.2, 0) is 27.5 Å². The van der Waals surface area contributed by atoms with Gasteiger partial charge in [0.15, 0.2) is 0 Å². The standard InChI is InChI=1S/C29H39F4N3O4S/c1-18-22(27(37)34-20-12-14-40-15-13-20)16-23(36(18)17-19-8-6-5-7-9-19)21-10-11-24(25(26(21)30)29(31,32)33)41(38,39)35-28(2,3)4/h10-11,16,19-20,35H,5-9,12-15,17H2,1-4H3,(H,34,37). The third kappa shape index (κ3) is 7.32. The average molecular weight is 602 g/mol. The molecule has 41 heavy (non-hydrogen) atoms. The van der Waals surface area contributed by atoms with E-state index in [2.05, 4.69) is 10.0 Å². The predicted molar refractivity (Wildman–Crippen MR) is 148 cm³/mol. The fraction of sp³-hybridized carbons (Fsp3) is 0.621. The molecule has 4 rings (SSSR count). The molecule has 2 fully saturated rings. The van der Waals surface area contributed by atoms with E-state index >= 15 is 4.39 Å². The summed E-state index contributed by atoms with van der Waals surface area (Å²) in [6.07, 6.45) is 0.995. The second kappa shape index (κ2) is 12.0. The summed E-state index contributed by atoms with van der Waals surface area (Å²) in [4.78, 5) is 12.1. The second-order valence-corrected chi connectivity index (χ2v) is 13.8. The SMILES string of the molecule is Cc1c(C(=O)NC2CCOCC2)cc(-c2ccc(S(=O)(=O)NC(C)(C)C)c(C(F)(F)F)c2F)n1CC1CCCCC1. The molecule has 1 saturated heterocycles. The number of carbonyl (C=O) groups excluding carboxylic acids is 1. The lowest BCUT2D eigenvalue weighted by molar-refractivity contribution is -0.142. The number of benzene rings is 1. The number of hydrogen-bond donors (Lipinski definition) is 2. The summed E-state index contributed by atoms with van der Waals surface area (Å²) < 4.78 is 94.0. The molecule has 12 heteroatoms. The highest BCUT2D eigenvalue weighted by Gasteiger charge is 2.42. The molecular weight excluding hydrogens is 562 g/mol. The molecule has 0 atom stereocenters. The van der Waals surface area contributed by atoms with Crippen LogP contribution in [0.2, 0.25) is 0 Å². The van der Waals surface area contributed by atoms with Gasteiger partial charge in [0.2, 0.25) is 10.0 Å². The largest absolute Gasteiger partial charge is 0.420 e. The quantitative estimate of drug-likeness (QED) is 0.371. The Labute approximate surface area is 239 Å². The Bertz CT molecular complexity index is 1370. The minimum atomic E-state index is -5.29. The highest BCUT2D eigenvalue weighted by Crippen LogP contribution is 2.41. The van der Waals surface area contributed by atoms with Gasteiger partial charge in [-0.3, -0.25) is 4.79 Å². The molecule has 0 bridgehead atoms. The Hall–Kier alpha value is -2.44. The maximum atomic E-state index is 16.0. The first-order valence-electron chi connectivity index (χ1n) is 14.1. The number of nitrogens with one attached hydrogen (secondary N) is 2. The fourth-order valence-electron chi connectivity index (χ4n) is 5.77. The van der Waals surface area contributed by atoms with E-state index in [1.807, 2.05) is 0 Å². The van der Waals surface area contributed by atoms with Crippen LogP contribution in [0.1, 0.15) is 87.3 Å². The number of rotatable bonds is 7. The molecule has 7 nitrogen and oxygen atoms in total. The van der Waals surface area contributed by atoms with Crippen LogP contribution in [0.4, 0.5) is 17.6 Å². The van der Waals surface area contributed by atoms with Gasteiger partial charge in [-0.1, -0.05) is 19.3 Å². The van der Waals surface area contributed by atoms with Crippen molar-refractivity contribution < 1.29 is 35.5 Å². The highest BCUT2D eigenvalue weighted by atomic mass is 32.2. The van der Waals surface area contributed by atoms with Crippen molar-refractivity contribution in [2.24, 2.45) is 5.92 Å². The molecule has 2 aromatic rings. The zero-order valence-electron chi connectivity index (χ0n) is 24.0. The third-order valence-electron chi connectivity index (χ3n) is 7.73. The minimum Gasteiger partial charge on any atom is -0.381 e. The van der Waals surface area contributed by atoms with Gasteiger partial charge in [-0.15, -0.1) is 0 Å². The first-order chi connectivity index (χ1) is 19.1. The third-order valence-corrected chi connectivity index (χ3v) is 9.53. The lowest BCUT2D eigenvalue weighted by atomic mass is 9.89. The molecule has 2 N–H and O–H groups in total. The van der Waals surface area contributed by atoms with Gasteiger partial charge < -0.3 is 14.6 Å². The molecule has 0 spiro atoms. The predicted octanol–water partition coefficient (Wildman–Crippen LogP) is 6.19. The summed E-state index contributed by atoms with van der Waals surface area (Å²) in [6.45, 7) is 7.60. The second-order valence-electron chi connectivity index (χ2n) is 12.2. The summed E-state index contributed by atoms with van der Waals surface area (Å²) >= 11 is 0. The average Bonchev–Trinajstić information content (AvgIpc) is 3.18. The van der Waals surface area contributed by atoms with Crippen molar-refractivity contribution in [2.75, 3.05) is 13.2 Å². The first-order valence-corrected chi connectivity index (χ1v) is 15.6. The molecule has 0 radical (unpaired) electrons. The van der Waals surface area contributed by atoms with Gasteiger partial charge in [0.05, 0.1) is 16.2 Å². The summed E-state index contributed by atoms with van der Waals surface area (Å²) in [5.41, 5.74) is -2.47. The van der Waals surface area contributed by atoms with Crippen molar-refractivity contribution in [3.63, 3.8) is 0 Å². The van der Waals surface area contributed by atoms with E-state index in [0.717, 1.165) is 44.2 Å². The lowest BCUT2D eigenvalue weighted by Gasteiger charge is -2.25. The topological polar surface area (TPSA) is 89.4 Å². The molecule has 2 aliphatic rings. The fourth-order valence-corrected chi connectivity index (χ4v) is 7.41. The van der Waals surface area contributed by atoms with E-state index < -0.39 is 43.6 Å². The van der Waals surface area contributed by atoms with Gasteiger partial charge >= 0.3 is 6.18 Å². The van der Waals surface area contributed by atoms with Crippen LogP contribution in [0.25, 0.3) is 11.3 Å². The van der Waals surface area contributed by atoms with Crippen LogP contribution in [0.15, 0.2) is 23.1 Å². The molecule has 228 valence electrons. The van der Waals surface area contributed by atoms with Crippen molar-refractivity contribution in [3.05, 3.63) is 40.8 Å². The van der Waals surface area contributed by atoms with Gasteiger partial charge in [0.1, 0.15) is 11.4 Å². The van der Waals surface area contributed by atoms with E-state index in [0.29, 0.717) is 38.3 Å². The molecule has 1 aromatic carbocycles. The highest BCUT2D eigenvalue weighted by molar-refractivity contribution is 7.89. The van der Waals surface area contributed by atoms with Crippen molar-refractivity contribution in [3.8, 4) is 11.3 Å². The molecule has 2 heterocycles. The van der Waals surface area contributed by atoms with Gasteiger partial charge in [-0.05, 0) is 77.5 Å². The number of halogens is 4. The molecule has 1 amide bonds. The van der Waals surface area contributed by atoms with Gasteiger partial charge in [0, 0.05) is 42.6 Å². The van der Waals surface area contributed by atoms with E-state index in [1.165, 1.54) is 26.8 Å². The van der Waals surface area contributed by atoms with Crippen LogP contribution >= 0.6 is 0 Å². The number of nitrogens with zero attached hydrogens (tertiary/aromatic N) is 1. The monoisotopic (exact) mass is 601 g/mol. The number of amides is 1. The normalized spacial score (nSPS) is 18.0. The summed E-state index contributed by atoms with van der Waals surface area (Å²) in [6, 6.07) is 3.18. The van der Waals surface area contributed by atoms with Crippen molar-refractivity contribution in [2.45, 2.75) is 102 Å². The lowest BCUT2D eigenvalue weighted by Crippen LogP contribution is -2.41. The Morgan fingerprint density at radius 1 is 1.05 bits per heavy atom.